The maximum absolute atomic E-state index is 14.2. The van der Waals surface area contributed by atoms with Crippen molar-refractivity contribution in [1.29, 1.82) is 0 Å². The Balaban J connectivity index is 1.49. The summed E-state index contributed by atoms with van der Waals surface area (Å²) in [5.41, 5.74) is -2.62. The third kappa shape index (κ3) is 7.75. The first-order valence-electron chi connectivity index (χ1n) is 13.6. The summed E-state index contributed by atoms with van der Waals surface area (Å²) in [5.74, 6) is -1.06. The van der Waals surface area contributed by atoms with Crippen LogP contribution in [0.4, 0.5) is 30.7 Å². The van der Waals surface area contributed by atoms with Crippen molar-refractivity contribution in [3.63, 3.8) is 0 Å². The van der Waals surface area contributed by atoms with Crippen LogP contribution >= 0.6 is 0 Å². The number of hydrogen-bond acceptors (Lipinski definition) is 3. The summed E-state index contributed by atoms with van der Waals surface area (Å²) in [7, 11) is 1.47. The van der Waals surface area contributed by atoms with Gasteiger partial charge in [-0.3, -0.25) is 9.69 Å². The van der Waals surface area contributed by atoms with E-state index in [0.717, 1.165) is 39.0 Å². The molecular formula is C29H34F7N3O. The highest BCUT2D eigenvalue weighted by Gasteiger charge is 2.37. The number of likely N-dealkylation sites (tertiary alicyclic amines) is 2. The first-order chi connectivity index (χ1) is 18.8. The molecule has 40 heavy (non-hydrogen) atoms. The Bertz CT molecular complexity index is 1120. The number of hydrogen-bond donors (Lipinski definition) is 0. The number of halogens is 7. The SMILES string of the molecule is CN(CC(c1cccc(F)c1)N1CCC(N2CCCCC2)CC1)C(=O)Cc1cc(C(F)(F)F)cc(C(F)(F)F)c1. The number of carbonyl (C=O) groups excluding carboxylic acids is 1. The molecule has 2 aromatic rings. The lowest BCUT2D eigenvalue weighted by molar-refractivity contribution is -0.143. The maximum atomic E-state index is 14.2. The Kier molecular flexibility index (Phi) is 9.44. The van der Waals surface area contributed by atoms with Gasteiger partial charge in [0.2, 0.25) is 5.91 Å². The average Bonchev–Trinajstić information content (AvgIpc) is 2.91. The van der Waals surface area contributed by atoms with Gasteiger partial charge in [-0.2, -0.15) is 26.3 Å². The van der Waals surface area contributed by atoms with E-state index in [1.165, 1.54) is 43.3 Å². The molecule has 1 atom stereocenters. The third-order valence-electron chi connectivity index (χ3n) is 7.96. The summed E-state index contributed by atoms with van der Waals surface area (Å²) in [5, 5.41) is 0. The van der Waals surface area contributed by atoms with Gasteiger partial charge in [0, 0.05) is 32.7 Å². The highest BCUT2D eigenvalue weighted by molar-refractivity contribution is 5.78. The van der Waals surface area contributed by atoms with Crippen molar-refractivity contribution in [1.82, 2.24) is 14.7 Å². The van der Waals surface area contributed by atoms with Gasteiger partial charge in [0.25, 0.3) is 0 Å². The van der Waals surface area contributed by atoms with Crippen LogP contribution < -0.4 is 0 Å². The second-order valence-corrected chi connectivity index (χ2v) is 10.8. The van der Waals surface area contributed by atoms with Crippen molar-refractivity contribution in [2.75, 3.05) is 39.8 Å². The monoisotopic (exact) mass is 573 g/mol. The van der Waals surface area contributed by atoms with Crippen molar-refractivity contribution < 1.29 is 35.5 Å². The minimum absolute atomic E-state index is 0.0468. The summed E-state index contributed by atoms with van der Waals surface area (Å²) in [6, 6.07) is 7.38. The summed E-state index contributed by atoms with van der Waals surface area (Å²) >= 11 is 0. The largest absolute Gasteiger partial charge is 0.416 e. The Morgan fingerprint density at radius 2 is 1.50 bits per heavy atom. The molecule has 1 unspecified atom stereocenters. The number of rotatable bonds is 7. The smallest absolute Gasteiger partial charge is 0.344 e. The second kappa shape index (κ2) is 12.5. The molecule has 0 N–H and O–H groups in total. The van der Waals surface area contributed by atoms with Crippen LogP contribution in [0.1, 0.15) is 60.4 Å². The van der Waals surface area contributed by atoms with Crippen LogP contribution in [0.2, 0.25) is 0 Å². The standard InChI is InChI=1S/C29H34F7N3O/c1-37(27(40)16-20-14-22(28(31,32)33)18-23(15-20)29(34,35)36)19-26(21-6-5-7-24(30)17-21)39-12-8-25(9-13-39)38-10-3-2-4-11-38/h5-7,14-15,17-18,25-26H,2-4,8-13,16,19H2,1H3. The van der Waals surface area contributed by atoms with Gasteiger partial charge in [0.15, 0.2) is 0 Å². The van der Waals surface area contributed by atoms with Crippen molar-refractivity contribution >= 4 is 5.91 Å². The number of alkyl halides is 6. The zero-order chi connectivity index (χ0) is 29.1. The number of benzene rings is 2. The van der Waals surface area contributed by atoms with Crippen LogP contribution in [0.5, 0.6) is 0 Å². The van der Waals surface area contributed by atoms with Crippen molar-refractivity contribution in [3.8, 4) is 0 Å². The molecule has 0 aliphatic carbocycles. The van der Waals surface area contributed by atoms with Gasteiger partial charge >= 0.3 is 12.4 Å². The van der Waals surface area contributed by atoms with Crippen LogP contribution in [0.25, 0.3) is 0 Å². The van der Waals surface area contributed by atoms with Gasteiger partial charge in [-0.1, -0.05) is 18.6 Å². The lowest BCUT2D eigenvalue weighted by atomic mass is 9.96. The number of likely N-dealkylation sites (N-methyl/N-ethyl adjacent to an activating group) is 1. The average molecular weight is 574 g/mol. The topological polar surface area (TPSA) is 26.8 Å². The van der Waals surface area contributed by atoms with Gasteiger partial charge in [-0.25, -0.2) is 4.39 Å². The second-order valence-electron chi connectivity index (χ2n) is 10.8. The van der Waals surface area contributed by atoms with E-state index in [2.05, 4.69) is 9.80 Å². The van der Waals surface area contributed by atoms with Crippen molar-refractivity contribution in [3.05, 3.63) is 70.5 Å². The molecule has 2 fully saturated rings. The minimum atomic E-state index is -4.99. The predicted molar refractivity (Wildman–Crippen MR) is 137 cm³/mol. The molecule has 1 amide bonds. The molecule has 0 aromatic heterocycles. The molecule has 4 nitrogen and oxygen atoms in total. The first-order valence-corrected chi connectivity index (χ1v) is 13.6. The Morgan fingerprint density at radius 1 is 0.900 bits per heavy atom. The fourth-order valence-corrected chi connectivity index (χ4v) is 5.78. The molecule has 0 bridgehead atoms. The predicted octanol–water partition coefficient (Wildman–Crippen LogP) is 6.56. The van der Waals surface area contributed by atoms with E-state index in [4.69, 9.17) is 0 Å². The van der Waals surface area contributed by atoms with Gasteiger partial charge in [-0.05, 0) is 80.2 Å². The summed E-state index contributed by atoms with van der Waals surface area (Å²) < 4.78 is 93.8. The van der Waals surface area contributed by atoms with Crippen molar-refractivity contribution in [2.24, 2.45) is 0 Å². The normalized spacial score (nSPS) is 19.0. The zero-order valence-electron chi connectivity index (χ0n) is 22.4. The van der Waals surface area contributed by atoms with E-state index in [1.54, 1.807) is 12.1 Å². The van der Waals surface area contributed by atoms with Gasteiger partial charge in [0.05, 0.1) is 23.6 Å². The molecule has 2 heterocycles. The molecule has 0 radical (unpaired) electrons. The molecule has 220 valence electrons. The van der Waals surface area contributed by atoms with E-state index in [9.17, 15) is 35.5 Å². The van der Waals surface area contributed by atoms with E-state index in [-0.39, 0.29) is 24.2 Å². The van der Waals surface area contributed by atoms with E-state index in [0.29, 0.717) is 23.7 Å². The van der Waals surface area contributed by atoms with Crippen LogP contribution in [0.15, 0.2) is 42.5 Å². The van der Waals surface area contributed by atoms with Crippen molar-refractivity contribution in [2.45, 2.75) is 63.0 Å². The van der Waals surface area contributed by atoms with Crippen LogP contribution in [-0.4, -0.2) is 66.4 Å². The number of carbonyl (C=O) groups is 1. The molecule has 2 aliphatic rings. The number of nitrogens with zero attached hydrogens (tertiary/aromatic N) is 3. The zero-order valence-corrected chi connectivity index (χ0v) is 22.4. The lowest BCUT2D eigenvalue weighted by Gasteiger charge is -2.43. The Hall–Kier alpha value is -2.66. The Labute approximate surface area is 229 Å². The number of piperidine rings is 2. The molecular weight excluding hydrogens is 539 g/mol. The Morgan fingerprint density at radius 3 is 2.05 bits per heavy atom. The van der Waals surface area contributed by atoms with Gasteiger partial charge in [0.1, 0.15) is 5.82 Å². The molecule has 0 spiro atoms. The van der Waals surface area contributed by atoms with Crippen LogP contribution in [-0.2, 0) is 23.6 Å². The first kappa shape index (κ1) is 30.3. The van der Waals surface area contributed by atoms with E-state index >= 15 is 0 Å². The minimum Gasteiger partial charge on any atom is -0.344 e. The van der Waals surface area contributed by atoms with E-state index < -0.39 is 41.6 Å². The van der Waals surface area contributed by atoms with Gasteiger partial charge < -0.3 is 9.80 Å². The third-order valence-corrected chi connectivity index (χ3v) is 7.96. The summed E-state index contributed by atoms with van der Waals surface area (Å²) in [6.45, 7) is 3.74. The molecule has 2 aliphatic heterocycles. The maximum Gasteiger partial charge on any atom is 0.416 e. The molecule has 0 saturated carbocycles. The van der Waals surface area contributed by atoms with Crippen LogP contribution in [0.3, 0.4) is 0 Å². The summed E-state index contributed by atoms with van der Waals surface area (Å²) in [4.78, 5) is 19.1. The summed E-state index contributed by atoms with van der Waals surface area (Å²) in [6.07, 6.45) is -5.14. The molecule has 11 heteroatoms. The lowest BCUT2D eigenvalue weighted by Crippen LogP contribution is -2.49. The number of amides is 1. The molecule has 2 aromatic carbocycles. The highest BCUT2D eigenvalue weighted by atomic mass is 19.4. The van der Waals surface area contributed by atoms with Crippen LogP contribution in [0, 0.1) is 5.82 Å². The quantitative estimate of drug-likeness (QED) is 0.352. The highest BCUT2D eigenvalue weighted by Crippen LogP contribution is 2.36. The fraction of sp³-hybridized carbons (Fsp3) is 0.552. The molecule has 2 saturated heterocycles. The molecule has 4 rings (SSSR count). The van der Waals surface area contributed by atoms with Gasteiger partial charge in [-0.15, -0.1) is 0 Å². The van der Waals surface area contributed by atoms with E-state index in [1.807, 2.05) is 0 Å². The fourth-order valence-electron chi connectivity index (χ4n) is 5.78.